The number of hydrogen-bond acceptors (Lipinski definition) is 5. The number of hydrogen-bond donors (Lipinski definition) is 3. The Hall–Kier alpha value is -3.74. The fourth-order valence-corrected chi connectivity index (χ4v) is 3.10. The minimum Gasteiger partial charge on any atom is -0.463 e. The van der Waals surface area contributed by atoms with Crippen molar-refractivity contribution >= 4 is 5.91 Å². The van der Waals surface area contributed by atoms with Crippen LogP contribution in [0.2, 0.25) is 0 Å². The van der Waals surface area contributed by atoms with E-state index in [4.69, 9.17) is 20.9 Å². The van der Waals surface area contributed by atoms with E-state index in [1.807, 2.05) is 36.4 Å². The molecule has 0 aliphatic carbocycles. The second-order valence-corrected chi connectivity index (χ2v) is 6.62. The zero-order chi connectivity index (χ0) is 20.4. The molecule has 0 aliphatic heterocycles. The van der Waals surface area contributed by atoms with Gasteiger partial charge >= 0.3 is 0 Å². The summed E-state index contributed by atoms with van der Waals surface area (Å²) < 4.78 is 5.53. The Kier molecular flexibility index (Phi) is 4.95. The maximum Gasteiger partial charge on any atom is 0.248 e. The maximum atomic E-state index is 11.6. The van der Waals surface area contributed by atoms with Crippen LogP contribution in [0.3, 0.4) is 0 Å². The zero-order valence-corrected chi connectivity index (χ0v) is 15.4. The van der Waals surface area contributed by atoms with Crippen LogP contribution < -0.4 is 11.5 Å². The highest BCUT2D eigenvalue weighted by molar-refractivity contribution is 5.94. The van der Waals surface area contributed by atoms with Gasteiger partial charge < -0.3 is 21.0 Å². The van der Waals surface area contributed by atoms with Crippen molar-refractivity contribution in [2.45, 2.75) is 6.23 Å². The molecule has 1 atom stereocenters. The van der Waals surface area contributed by atoms with Gasteiger partial charge in [0.05, 0.1) is 12.0 Å². The number of nitrogens with two attached hydrogens (primary N) is 2. The fraction of sp³-hybridized carbons (Fsp3) is 0.0435. The summed E-state index contributed by atoms with van der Waals surface area (Å²) in [4.78, 5) is 16.3. The summed E-state index contributed by atoms with van der Waals surface area (Å²) in [6.45, 7) is 0. The van der Waals surface area contributed by atoms with Crippen LogP contribution in [0.5, 0.6) is 0 Å². The number of aromatic nitrogens is 1. The molecule has 2 heterocycles. The van der Waals surface area contributed by atoms with Gasteiger partial charge in [0.25, 0.3) is 0 Å². The zero-order valence-electron chi connectivity index (χ0n) is 15.4. The van der Waals surface area contributed by atoms with E-state index in [1.165, 1.54) is 0 Å². The number of aliphatic hydroxyl groups excluding tert-OH is 1. The molecule has 2 aromatic carbocycles. The number of rotatable bonds is 5. The number of benzene rings is 2. The SMILES string of the molecule is NC(=O)c1cccc(-c2cc(-c3ccc(C(N)O)cc3)cc(-c3ccco3)n2)c1. The van der Waals surface area contributed by atoms with Crippen molar-refractivity contribution in [3.8, 4) is 33.8 Å². The average molecular weight is 385 g/mol. The molecule has 144 valence electrons. The lowest BCUT2D eigenvalue weighted by atomic mass is 9.99. The lowest BCUT2D eigenvalue weighted by molar-refractivity contribution is 0.100. The van der Waals surface area contributed by atoms with E-state index < -0.39 is 12.1 Å². The molecule has 4 aromatic rings. The van der Waals surface area contributed by atoms with E-state index in [-0.39, 0.29) is 0 Å². The monoisotopic (exact) mass is 385 g/mol. The maximum absolute atomic E-state index is 11.6. The number of amides is 1. The van der Waals surface area contributed by atoms with Crippen LogP contribution in [0.25, 0.3) is 33.8 Å². The normalized spacial score (nSPS) is 11.9. The van der Waals surface area contributed by atoms with Crippen molar-refractivity contribution in [1.29, 1.82) is 0 Å². The Balaban J connectivity index is 1.85. The molecular weight excluding hydrogens is 366 g/mol. The van der Waals surface area contributed by atoms with Gasteiger partial charge in [-0.15, -0.1) is 0 Å². The van der Waals surface area contributed by atoms with Crippen molar-refractivity contribution in [1.82, 2.24) is 4.98 Å². The summed E-state index contributed by atoms with van der Waals surface area (Å²) in [6.07, 6.45) is 0.571. The molecule has 0 bridgehead atoms. The van der Waals surface area contributed by atoms with E-state index in [0.717, 1.165) is 16.7 Å². The van der Waals surface area contributed by atoms with Crippen LogP contribution in [-0.4, -0.2) is 16.0 Å². The third-order valence-electron chi connectivity index (χ3n) is 4.63. The van der Waals surface area contributed by atoms with Gasteiger partial charge in [0, 0.05) is 11.1 Å². The predicted octanol–water partition coefficient (Wildman–Crippen LogP) is 3.72. The second kappa shape index (κ2) is 7.71. The molecule has 0 aliphatic rings. The van der Waals surface area contributed by atoms with Gasteiger partial charge in [0.2, 0.25) is 5.91 Å². The third kappa shape index (κ3) is 3.94. The smallest absolute Gasteiger partial charge is 0.248 e. The Bertz CT molecular complexity index is 1150. The summed E-state index contributed by atoms with van der Waals surface area (Å²) in [5, 5.41) is 9.54. The number of nitrogens with zero attached hydrogens (tertiary/aromatic N) is 1. The van der Waals surface area contributed by atoms with Crippen LogP contribution >= 0.6 is 0 Å². The van der Waals surface area contributed by atoms with Gasteiger partial charge in [-0.05, 0) is 53.1 Å². The molecule has 0 spiro atoms. The van der Waals surface area contributed by atoms with Crippen molar-refractivity contribution in [2.24, 2.45) is 11.5 Å². The number of primary amides is 1. The van der Waals surface area contributed by atoms with Gasteiger partial charge in [-0.25, -0.2) is 4.98 Å². The number of pyridine rings is 1. The average Bonchev–Trinajstić information content (AvgIpc) is 3.28. The third-order valence-corrected chi connectivity index (χ3v) is 4.63. The van der Waals surface area contributed by atoms with Crippen LogP contribution in [0.1, 0.15) is 22.1 Å². The van der Waals surface area contributed by atoms with Crippen molar-refractivity contribution in [3.05, 3.63) is 90.2 Å². The van der Waals surface area contributed by atoms with Crippen molar-refractivity contribution in [3.63, 3.8) is 0 Å². The largest absolute Gasteiger partial charge is 0.463 e. The van der Waals surface area contributed by atoms with Crippen molar-refractivity contribution < 1.29 is 14.3 Å². The van der Waals surface area contributed by atoms with Crippen LogP contribution in [-0.2, 0) is 0 Å². The van der Waals surface area contributed by atoms with Crippen LogP contribution in [0.15, 0.2) is 83.5 Å². The topological polar surface area (TPSA) is 115 Å². The van der Waals surface area contributed by atoms with Crippen LogP contribution in [0.4, 0.5) is 0 Å². The molecule has 0 saturated carbocycles. The fourth-order valence-electron chi connectivity index (χ4n) is 3.10. The van der Waals surface area contributed by atoms with E-state index >= 15 is 0 Å². The lowest BCUT2D eigenvalue weighted by Gasteiger charge is -2.11. The van der Waals surface area contributed by atoms with Crippen LogP contribution in [0, 0.1) is 0 Å². The molecule has 0 radical (unpaired) electrons. The molecule has 1 unspecified atom stereocenters. The highest BCUT2D eigenvalue weighted by Crippen LogP contribution is 2.31. The molecule has 29 heavy (non-hydrogen) atoms. The van der Waals surface area contributed by atoms with Gasteiger partial charge in [0.15, 0.2) is 5.76 Å². The van der Waals surface area contributed by atoms with Gasteiger partial charge in [0.1, 0.15) is 11.9 Å². The highest BCUT2D eigenvalue weighted by Gasteiger charge is 2.12. The number of carbonyl (C=O) groups is 1. The van der Waals surface area contributed by atoms with E-state index in [1.54, 1.807) is 42.7 Å². The van der Waals surface area contributed by atoms with Gasteiger partial charge in [-0.2, -0.15) is 0 Å². The minimum absolute atomic E-state index is 0.413. The molecule has 1 amide bonds. The van der Waals surface area contributed by atoms with Crippen molar-refractivity contribution in [2.75, 3.05) is 0 Å². The first kappa shape index (κ1) is 18.6. The quantitative estimate of drug-likeness (QED) is 0.453. The predicted molar refractivity (Wildman–Crippen MR) is 110 cm³/mol. The molecule has 0 saturated heterocycles. The van der Waals surface area contributed by atoms with E-state index in [0.29, 0.717) is 28.3 Å². The summed E-state index contributed by atoms with van der Waals surface area (Å²) in [7, 11) is 0. The first-order valence-corrected chi connectivity index (χ1v) is 9.01. The summed E-state index contributed by atoms with van der Waals surface area (Å²) in [5.41, 5.74) is 15.9. The minimum atomic E-state index is -1.02. The molecular formula is C23H19N3O3. The molecule has 5 N–H and O–H groups in total. The molecule has 0 fully saturated rings. The van der Waals surface area contributed by atoms with Gasteiger partial charge in [-0.3, -0.25) is 4.79 Å². The first-order valence-electron chi connectivity index (χ1n) is 9.01. The Morgan fingerprint density at radius 2 is 1.66 bits per heavy atom. The standard InChI is InChI=1S/C23H19N3O3/c24-22(27)15-8-6-14(7-9-15)18-12-19(16-3-1-4-17(11-16)23(25)28)26-20(13-18)21-5-2-10-29-21/h1-13,22,27H,24H2,(H2,25,28). The molecule has 4 rings (SSSR count). The second-order valence-electron chi connectivity index (χ2n) is 6.62. The molecule has 6 nitrogen and oxygen atoms in total. The Labute approximate surface area is 167 Å². The Morgan fingerprint density at radius 1 is 0.897 bits per heavy atom. The van der Waals surface area contributed by atoms with E-state index in [2.05, 4.69) is 0 Å². The molecule has 2 aromatic heterocycles. The first-order chi connectivity index (χ1) is 14.0. The lowest BCUT2D eigenvalue weighted by Crippen LogP contribution is -2.10. The summed E-state index contributed by atoms with van der Waals surface area (Å²) in [6, 6.07) is 21.8. The Morgan fingerprint density at radius 3 is 2.31 bits per heavy atom. The highest BCUT2D eigenvalue weighted by atomic mass is 16.3. The summed E-state index contributed by atoms with van der Waals surface area (Å²) >= 11 is 0. The van der Waals surface area contributed by atoms with E-state index in [9.17, 15) is 9.90 Å². The summed E-state index contributed by atoms with van der Waals surface area (Å²) in [5.74, 6) is 0.137. The number of aliphatic hydroxyl groups is 1. The number of furan rings is 1. The number of carbonyl (C=O) groups excluding carboxylic acids is 1. The van der Waals surface area contributed by atoms with Gasteiger partial charge in [-0.1, -0.05) is 36.4 Å². The molecule has 6 heteroatoms.